The van der Waals surface area contributed by atoms with E-state index in [1.807, 2.05) is 30.1 Å². The molecule has 1 aromatic heterocycles. The highest BCUT2D eigenvalue weighted by Gasteiger charge is 2.09. The first-order chi connectivity index (χ1) is 8.20. The maximum atomic E-state index is 9.01. The number of para-hydroxylation sites is 1. The molecule has 1 heterocycles. The molecule has 0 fully saturated rings. The van der Waals surface area contributed by atoms with Gasteiger partial charge in [-0.3, -0.25) is 0 Å². The van der Waals surface area contributed by atoms with Crippen LogP contribution in [0.3, 0.4) is 0 Å². The van der Waals surface area contributed by atoms with Crippen molar-refractivity contribution in [3.05, 3.63) is 35.7 Å². The lowest BCUT2D eigenvalue weighted by molar-refractivity contribution is 0.627. The van der Waals surface area contributed by atoms with Crippen molar-refractivity contribution >= 4 is 5.69 Å². The van der Waals surface area contributed by atoms with Crippen LogP contribution in [0.1, 0.15) is 11.4 Å². The Bertz CT molecular complexity index is 553. The van der Waals surface area contributed by atoms with Crippen molar-refractivity contribution in [3.8, 4) is 6.07 Å². The predicted octanol–water partition coefficient (Wildman–Crippen LogP) is 0.718. The fraction of sp³-hybridized carbons (Fsp3) is 0.273. The highest BCUT2D eigenvalue weighted by atomic mass is 15.6. The maximum Gasteiger partial charge on any atom is 0.193 e. The summed E-state index contributed by atoms with van der Waals surface area (Å²) in [6, 6.07) is 9.59. The van der Waals surface area contributed by atoms with Crippen LogP contribution >= 0.6 is 0 Å². The summed E-state index contributed by atoms with van der Waals surface area (Å²) in [5.74, 6) is 0.628. The molecule has 0 aliphatic rings. The number of rotatable bonds is 3. The predicted molar refractivity (Wildman–Crippen MR) is 62.1 cm³/mol. The van der Waals surface area contributed by atoms with Gasteiger partial charge in [0.2, 0.25) is 0 Å². The van der Waals surface area contributed by atoms with E-state index in [1.165, 1.54) is 4.80 Å². The zero-order valence-corrected chi connectivity index (χ0v) is 9.70. The van der Waals surface area contributed by atoms with Crippen LogP contribution in [0.25, 0.3) is 0 Å². The topological polar surface area (TPSA) is 70.6 Å². The second-order valence-corrected chi connectivity index (χ2v) is 3.68. The molecule has 6 heteroatoms. The number of anilines is 1. The SMILES string of the molecule is CN(Cc1nnn(C)n1)c1ccccc1C#N. The fourth-order valence-electron chi connectivity index (χ4n) is 1.58. The highest BCUT2D eigenvalue weighted by molar-refractivity contribution is 5.58. The van der Waals surface area contributed by atoms with Crippen molar-refractivity contribution in [2.24, 2.45) is 7.05 Å². The normalized spacial score (nSPS) is 9.94. The van der Waals surface area contributed by atoms with Crippen LogP contribution < -0.4 is 4.90 Å². The van der Waals surface area contributed by atoms with Gasteiger partial charge >= 0.3 is 0 Å². The van der Waals surface area contributed by atoms with Crippen LogP contribution in [0.4, 0.5) is 5.69 Å². The molecule has 0 aliphatic heterocycles. The summed E-state index contributed by atoms with van der Waals surface area (Å²) in [5.41, 5.74) is 1.50. The van der Waals surface area contributed by atoms with Gasteiger partial charge < -0.3 is 4.90 Å². The number of aryl methyl sites for hydroxylation is 1. The third kappa shape index (κ3) is 2.39. The summed E-state index contributed by atoms with van der Waals surface area (Å²) in [5, 5.41) is 20.8. The van der Waals surface area contributed by atoms with E-state index in [0.29, 0.717) is 17.9 Å². The van der Waals surface area contributed by atoms with Gasteiger partial charge in [-0.25, -0.2) is 0 Å². The molecule has 0 spiro atoms. The quantitative estimate of drug-likeness (QED) is 0.774. The number of hydrogen-bond acceptors (Lipinski definition) is 5. The Morgan fingerprint density at radius 2 is 2.18 bits per heavy atom. The van der Waals surface area contributed by atoms with E-state index in [0.717, 1.165) is 5.69 Å². The lowest BCUT2D eigenvalue weighted by Gasteiger charge is -2.18. The van der Waals surface area contributed by atoms with Crippen LogP contribution in [0.2, 0.25) is 0 Å². The van der Waals surface area contributed by atoms with Gasteiger partial charge in [0.15, 0.2) is 5.82 Å². The molecule has 0 aliphatic carbocycles. The van der Waals surface area contributed by atoms with E-state index in [1.54, 1.807) is 13.1 Å². The lowest BCUT2D eigenvalue weighted by atomic mass is 10.2. The van der Waals surface area contributed by atoms with E-state index in [2.05, 4.69) is 21.5 Å². The van der Waals surface area contributed by atoms with Gasteiger partial charge in [-0.05, 0) is 17.3 Å². The fourth-order valence-corrected chi connectivity index (χ4v) is 1.58. The van der Waals surface area contributed by atoms with E-state index in [9.17, 15) is 0 Å². The summed E-state index contributed by atoms with van der Waals surface area (Å²) in [6.45, 7) is 0.520. The first-order valence-electron chi connectivity index (χ1n) is 5.14. The second kappa shape index (κ2) is 4.61. The molecule has 17 heavy (non-hydrogen) atoms. The molecular weight excluding hydrogens is 216 g/mol. The molecule has 0 N–H and O–H groups in total. The van der Waals surface area contributed by atoms with Gasteiger partial charge in [-0.15, -0.1) is 10.2 Å². The summed E-state index contributed by atoms with van der Waals surface area (Å²) in [6.07, 6.45) is 0. The molecular formula is C11H12N6. The van der Waals surface area contributed by atoms with Crippen LogP contribution in [-0.4, -0.2) is 27.3 Å². The molecule has 2 rings (SSSR count). The molecule has 0 saturated heterocycles. The third-order valence-electron chi connectivity index (χ3n) is 2.36. The average Bonchev–Trinajstić information content (AvgIpc) is 2.74. The summed E-state index contributed by atoms with van der Waals surface area (Å²) >= 11 is 0. The number of benzene rings is 1. The molecule has 0 saturated carbocycles. The Hall–Kier alpha value is -2.42. The number of nitrogens with zero attached hydrogens (tertiary/aromatic N) is 6. The van der Waals surface area contributed by atoms with Gasteiger partial charge in [0.05, 0.1) is 24.8 Å². The number of aromatic nitrogens is 4. The first-order valence-corrected chi connectivity index (χ1v) is 5.14. The summed E-state index contributed by atoms with van der Waals surface area (Å²) in [7, 11) is 3.62. The monoisotopic (exact) mass is 228 g/mol. The van der Waals surface area contributed by atoms with Crippen molar-refractivity contribution in [3.63, 3.8) is 0 Å². The Labute approximate surface area is 99.1 Å². The minimum Gasteiger partial charge on any atom is -0.366 e. The highest BCUT2D eigenvalue weighted by Crippen LogP contribution is 2.18. The largest absolute Gasteiger partial charge is 0.366 e. The molecule has 0 amide bonds. The molecule has 0 atom stereocenters. The van der Waals surface area contributed by atoms with E-state index >= 15 is 0 Å². The van der Waals surface area contributed by atoms with Gasteiger partial charge in [0.25, 0.3) is 0 Å². The molecule has 1 aromatic carbocycles. The molecule has 86 valence electrons. The standard InChI is InChI=1S/C11H12N6/c1-16(8-11-13-15-17(2)14-11)10-6-4-3-5-9(10)7-12/h3-6H,8H2,1-2H3. The second-order valence-electron chi connectivity index (χ2n) is 3.68. The van der Waals surface area contributed by atoms with E-state index in [-0.39, 0.29) is 0 Å². The number of hydrogen-bond donors (Lipinski definition) is 0. The Morgan fingerprint density at radius 1 is 1.41 bits per heavy atom. The molecule has 0 bridgehead atoms. The molecule has 6 nitrogen and oxygen atoms in total. The van der Waals surface area contributed by atoms with Crippen molar-refractivity contribution in [1.82, 2.24) is 20.2 Å². The van der Waals surface area contributed by atoms with Crippen LogP contribution in [0.5, 0.6) is 0 Å². The summed E-state index contributed by atoms with van der Waals surface area (Å²) in [4.78, 5) is 3.34. The van der Waals surface area contributed by atoms with Gasteiger partial charge in [0.1, 0.15) is 6.07 Å². The third-order valence-corrected chi connectivity index (χ3v) is 2.36. The van der Waals surface area contributed by atoms with Crippen molar-refractivity contribution in [2.75, 3.05) is 11.9 Å². The molecule has 2 aromatic rings. The number of nitriles is 1. The molecule has 0 radical (unpaired) electrons. The minimum absolute atomic E-state index is 0.520. The zero-order chi connectivity index (χ0) is 12.3. The Balaban J connectivity index is 2.20. The maximum absolute atomic E-state index is 9.01. The Kier molecular flexibility index (Phi) is 3.01. The van der Waals surface area contributed by atoms with E-state index in [4.69, 9.17) is 5.26 Å². The van der Waals surface area contributed by atoms with E-state index < -0.39 is 0 Å². The number of tetrazole rings is 1. The summed E-state index contributed by atoms with van der Waals surface area (Å²) < 4.78 is 0. The van der Waals surface area contributed by atoms with Crippen LogP contribution in [-0.2, 0) is 13.6 Å². The van der Waals surface area contributed by atoms with Crippen LogP contribution in [0, 0.1) is 11.3 Å². The zero-order valence-electron chi connectivity index (χ0n) is 9.70. The lowest BCUT2D eigenvalue weighted by Crippen LogP contribution is -2.18. The molecule has 0 unspecified atom stereocenters. The van der Waals surface area contributed by atoms with Crippen molar-refractivity contribution in [2.45, 2.75) is 6.54 Å². The van der Waals surface area contributed by atoms with Crippen molar-refractivity contribution in [1.29, 1.82) is 5.26 Å². The Morgan fingerprint density at radius 3 is 2.82 bits per heavy atom. The van der Waals surface area contributed by atoms with Crippen LogP contribution in [0.15, 0.2) is 24.3 Å². The first kappa shape index (κ1) is 11.1. The van der Waals surface area contributed by atoms with Crippen molar-refractivity contribution < 1.29 is 0 Å². The van der Waals surface area contributed by atoms with Gasteiger partial charge in [-0.1, -0.05) is 12.1 Å². The smallest absolute Gasteiger partial charge is 0.193 e. The minimum atomic E-state index is 0.520. The van der Waals surface area contributed by atoms with Gasteiger partial charge in [-0.2, -0.15) is 10.1 Å². The van der Waals surface area contributed by atoms with Gasteiger partial charge in [0, 0.05) is 7.05 Å². The average molecular weight is 228 g/mol.